The lowest BCUT2D eigenvalue weighted by Crippen LogP contribution is -2.03. The molecule has 0 fully saturated rings. The van der Waals surface area contributed by atoms with Gasteiger partial charge in [-0.05, 0) is 32.9 Å². The summed E-state index contributed by atoms with van der Waals surface area (Å²) in [5.41, 5.74) is 1.65. The van der Waals surface area contributed by atoms with Gasteiger partial charge in [-0.25, -0.2) is 4.79 Å². The fourth-order valence-electron chi connectivity index (χ4n) is 1.01. The van der Waals surface area contributed by atoms with Crippen LogP contribution in [0.1, 0.15) is 20.8 Å². The van der Waals surface area contributed by atoms with Crippen LogP contribution in [-0.4, -0.2) is 19.1 Å². The van der Waals surface area contributed by atoms with Crippen LogP contribution in [0.4, 0.5) is 5.69 Å². The van der Waals surface area contributed by atoms with Crippen LogP contribution in [-0.2, 0) is 9.53 Å². The quantitative estimate of drug-likeness (QED) is 0.643. The molecule has 0 saturated carbocycles. The van der Waals surface area contributed by atoms with Crippen molar-refractivity contribution in [2.45, 2.75) is 20.8 Å². The number of rotatable bonds is 4. The van der Waals surface area contributed by atoms with Gasteiger partial charge in [0.15, 0.2) is 0 Å². The summed E-state index contributed by atoms with van der Waals surface area (Å²) in [5.74, 6) is -0.312. The van der Waals surface area contributed by atoms with Crippen molar-refractivity contribution >= 4 is 11.7 Å². The molecule has 0 saturated heterocycles. The zero-order valence-electron chi connectivity index (χ0n) is 10.8. The summed E-state index contributed by atoms with van der Waals surface area (Å²) in [7, 11) is 0. The van der Waals surface area contributed by atoms with Gasteiger partial charge in [0.25, 0.3) is 0 Å². The second-order valence-corrected chi connectivity index (χ2v) is 3.40. The number of hydrogen-bond donors (Lipinski definition) is 1. The van der Waals surface area contributed by atoms with Crippen LogP contribution in [0.25, 0.3) is 0 Å². The summed E-state index contributed by atoms with van der Waals surface area (Å²) in [6.07, 6.45) is 0. The summed E-state index contributed by atoms with van der Waals surface area (Å²) in [6.45, 7) is 10.3. The van der Waals surface area contributed by atoms with Crippen LogP contribution in [0.2, 0.25) is 0 Å². The molecule has 0 radical (unpaired) electrons. The van der Waals surface area contributed by atoms with E-state index in [1.165, 1.54) is 5.69 Å². The van der Waals surface area contributed by atoms with Crippen molar-refractivity contribution in [1.82, 2.24) is 0 Å². The molecule has 0 unspecified atom stereocenters. The molecular formula is C14H21NO2. The van der Waals surface area contributed by atoms with E-state index in [1.807, 2.05) is 18.2 Å². The van der Waals surface area contributed by atoms with Gasteiger partial charge < -0.3 is 10.1 Å². The van der Waals surface area contributed by atoms with Gasteiger partial charge in [0.05, 0.1) is 6.61 Å². The van der Waals surface area contributed by atoms with E-state index in [0.29, 0.717) is 12.2 Å². The molecule has 0 spiro atoms. The molecule has 1 rings (SSSR count). The molecule has 1 aromatic rings. The molecule has 3 heteroatoms. The van der Waals surface area contributed by atoms with Gasteiger partial charge >= 0.3 is 5.97 Å². The Hall–Kier alpha value is -1.77. The van der Waals surface area contributed by atoms with Gasteiger partial charge in [-0.2, -0.15) is 0 Å². The number of carbonyl (C=O) groups is 1. The second-order valence-electron chi connectivity index (χ2n) is 3.40. The number of anilines is 1. The lowest BCUT2D eigenvalue weighted by atomic mass is 10.3. The van der Waals surface area contributed by atoms with E-state index in [-0.39, 0.29) is 5.97 Å². The minimum atomic E-state index is -0.312. The van der Waals surface area contributed by atoms with E-state index in [9.17, 15) is 4.79 Å². The van der Waals surface area contributed by atoms with Gasteiger partial charge in [-0.15, -0.1) is 0 Å². The predicted molar refractivity (Wildman–Crippen MR) is 72.1 cm³/mol. The lowest BCUT2D eigenvalue weighted by Gasteiger charge is -1.99. The molecule has 17 heavy (non-hydrogen) atoms. The second kappa shape index (κ2) is 9.46. The van der Waals surface area contributed by atoms with Crippen LogP contribution in [0.3, 0.4) is 0 Å². The maximum absolute atomic E-state index is 10.4. The van der Waals surface area contributed by atoms with Crippen LogP contribution in [0.5, 0.6) is 0 Å². The van der Waals surface area contributed by atoms with Crippen LogP contribution >= 0.6 is 0 Å². The molecule has 0 aliphatic carbocycles. The van der Waals surface area contributed by atoms with E-state index in [4.69, 9.17) is 0 Å². The molecule has 3 nitrogen and oxygen atoms in total. The summed E-state index contributed by atoms with van der Waals surface area (Å²) < 4.78 is 4.56. The highest BCUT2D eigenvalue weighted by atomic mass is 16.5. The Kier molecular flexibility index (Phi) is 8.47. The van der Waals surface area contributed by atoms with Gasteiger partial charge in [0, 0.05) is 17.8 Å². The molecule has 94 valence electrons. The first kappa shape index (κ1) is 15.2. The number of nitrogens with one attached hydrogen (secondary N) is 1. The third-order valence-electron chi connectivity index (χ3n) is 1.78. The number of benzene rings is 1. The largest absolute Gasteiger partial charge is 0.463 e. The number of carbonyl (C=O) groups excluding carboxylic acids is 1. The average molecular weight is 235 g/mol. The molecule has 0 heterocycles. The Labute approximate surface area is 103 Å². The van der Waals surface area contributed by atoms with Crippen LogP contribution in [0, 0.1) is 0 Å². The fourth-order valence-corrected chi connectivity index (χ4v) is 1.01. The highest BCUT2D eigenvalue weighted by Gasteiger charge is 1.98. The Bertz CT molecular complexity index is 333. The number of hydrogen-bond acceptors (Lipinski definition) is 3. The van der Waals surface area contributed by atoms with Crippen molar-refractivity contribution in [1.29, 1.82) is 0 Å². The first-order chi connectivity index (χ1) is 8.11. The maximum Gasteiger partial charge on any atom is 0.333 e. The van der Waals surface area contributed by atoms with Crippen molar-refractivity contribution in [2.24, 2.45) is 0 Å². The minimum Gasteiger partial charge on any atom is -0.463 e. The van der Waals surface area contributed by atoms with E-state index in [1.54, 1.807) is 13.8 Å². The molecule has 0 amide bonds. The zero-order chi connectivity index (χ0) is 13.1. The molecule has 0 atom stereocenters. The Morgan fingerprint density at radius 1 is 1.29 bits per heavy atom. The topological polar surface area (TPSA) is 38.3 Å². The van der Waals surface area contributed by atoms with Gasteiger partial charge in [-0.3, -0.25) is 0 Å². The Morgan fingerprint density at radius 2 is 1.88 bits per heavy atom. The summed E-state index contributed by atoms with van der Waals surface area (Å²) in [6, 6.07) is 10.2. The van der Waals surface area contributed by atoms with E-state index >= 15 is 0 Å². The third-order valence-corrected chi connectivity index (χ3v) is 1.78. The summed E-state index contributed by atoms with van der Waals surface area (Å²) in [5, 5.41) is 3.21. The zero-order valence-corrected chi connectivity index (χ0v) is 10.8. The highest BCUT2D eigenvalue weighted by molar-refractivity contribution is 5.86. The standard InChI is InChI=1S/C8H11N.C6H10O2/c1-2-9-8-6-4-3-5-7-8;1-4-8-6(7)5(2)3/h3-7,9H,2H2,1H3;2,4H2,1,3H3. The predicted octanol–water partition coefficient (Wildman–Crippen LogP) is 3.24. The van der Waals surface area contributed by atoms with Crippen molar-refractivity contribution in [3.05, 3.63) is 42.5 Å². The Morgan fingerprint density at radius 3 is 2.24 bits per heavy atom. The van der Waals surface area contributed by atoms with Crippen LogP contribution in [0.15, 0.2) is 42.5 Å². The molecule has 0 aliphatic heterocycles. The highest BCUT2D eigenvalue weighted by Crippen LogP contribution is 2.02. The third kappa shape index (κ3) is 8.08. The van der Waals surface area contributed by atoms with Gasteiger partial charge in [0.1, 0.15) is 0 Å². The van der Waals surface area contributed by atoms with Crippen LogP contribution < -0.4 is 5.32 Å². The average Bonchev–Trinajstić information content (AvgIpc) is 2.32. The van der Waals surface area contributed by atoms with E-state index < -0.39 is 0 Å². The molecule has 1 N–H and O–H groups in total. The van der Waals surface area contributed by atoms with Gasteiger partial charge in [0.2, 0.25) is 0 Å². The molecule has 0 aliphatic rings. The maximum atomic E-state index is 10.4. The van der Waals surface area contributed by atoms with Crippen molar-refractivity contribution in [2.75, 3.05) is 18.5 Å². The lowest BCUT2D eigenvalue weighted by molar-refractivity contribution is -0.138. The first-order valence-electron chi connectivity index (χ1n) is 5.73. The minimum absolute atomic E-state index is 0.312. The monoisotopic (exact) mass is 235 g/mol. The van der Waals surface area contributed by atoms with E-state index in [0.717, 1.165) is 6.54 Å². The molecule has 0 aromatic heterocycles. The van der Waals surface area contributed by atoms with E-state index in [2.05, 4.69) is 35.7 Å². The fraction of sp³-hybridized carbons (Fsp3) is 0.357. The molecule has 0 bridgehead atoms. The molecule has 1 aromatic carbocycles. The molecular weight excluding hydrogens is 214 g/mol. The summed E-state index contributed by atoms with van der Waals surface area (Å²) in [4.78, 5) is 10.4. The van der Waals surface area contributed by atoms with Gasteiger partial charge in [-0.1, -0.05) is 24.8 Å². The van der Waals surface area contributed by atoms with Crippen molar-refractivity contribution in [3.8, 4) is 0 Å². The van der Waals surface area contributed by atoms with Crippen molar-refractivity contribution < 1.29 is 9.53 Å². The SMILES string of the molecule is C=C(C)C(=O)OCC.CCNc1ccccc1. The number of ether oxygens (including phenoxy) is 1. The number of para-hydroxylation sites is 1. The normalized spacial score (nSPS) is 8.65. The number of esters is 1. The van der Waals surface area contributed by atoms with Crippen molar-refractivity contribution in [3.63, 3.8) is 0 Å². The smallest absolute Gasteiger partial charge is 0.333 e. The first-order valence-corrected chi connectivity index (χ1v) is 5.73. The Balaban J connectivity index is 0.000000304. The summed E-state index contributed by atoms with van der Waals surface area (Å²) >= 11 is 0.